The van der Waals surface area contributed by atoms with Gasteiger partial charge in [-0.3, -0.25) is 18.2 Å². The van der Waals surface area contributed by atoms with E-state index in [4.69, 9.17) is 60.8 Å². The van der Waals surface area contributed by atoms with Gasteiger partial charge in [-0.05, 0) is 0 Å². The summed E-state index contributed by atoms with van der Waals surface area (Å²) in [5.41, 5.74) is 5.24. The van der Waals surface area contributed by atoms with Gasteiger partial charge in [-0.25, -0.2) is 0 Å². The molecular weight excluding hydrogens is 358 g/mol. The average molecular weight is 375 g/mol. The Balaban J connectivity index is 0. The molecule has 10 N–H and O–H groups in total. The number of rotatable bonds is 1. The molecule has 16 heteroatoms. The molecule has 1 fully saturated rings. The molecule has 1 heterocycles. The van der Waals surface area contributed by atoms with Crippen LogP contribution in [0.2, 0.25) is 0 Å². The van der Waals surface area contributed by atoms with Crippen molar-refractivity contribution >= 4 is 20.8 Å². The van der Waals surface area contributed by atoms with Crippen molar-refractivity contribution in [3.05, 3.63) is 0 Å². The number of aliphatic hydroxyl groups is 4. The molecule has 0 aliphatic carbocycles. The Morgan fingerprint density at radius 2 is 1.14 bits per heavy atom. The molecule has 1 aliphatic heterocycles. The molecule has 22 heavy (non-hydrogen) atoms. The molecule has 1 aliphatic rings. The molecule has 0 aromatic carbocycles. The Hall–Kier alpha value is -0.500. The molecule has 5 atom stereocenters. The molecule has 0 amide bonds. The molecule has 1 rings (SSSR count). The van der Waals surface area contributed by atoms with E-state index >= 15 is 0 Å². The first-order valence-corrected chi connectivity index (χ1v) is 7.83. The number of aliphatic hydroxyl groups excluding tert-OH is 4. The molecule has 1 saturated heterocycles. The molecule has 0 saturated carbocycles. The Bertz CT molecular complexity index is 452. The van der Waals surface area contributed by atoms with E-state index < -0.39 is 58.0 Å². The van der Waals surface area contributed by atoms with Gasteiger partial charge in [-0.15, -0.1) is 0 Å². The van der Waals surface area contributed by atoms with Crippen molar-refractivity contribution in [3.63, 3.8) is 0 Å². The van der Waals surface area contributed by atoms with Crippen LogP contribution >= 0.6 is 0 Å². The Labute approximate surface area is 124 Å². The minimum atomic E-state index is -4.67. The summed E-state index contributed by atoms with van der Waals surface area (Å²) in [6.07, 6.45) is -5.99. The first kappa shape index (κ1) is 23.8. The van der Waals surface area contributed by atoms with Gasteiger partial charge in [0.25, 0.3) is 0 Å². The van der Waals surface area contributed by atoms with Gasteiger partial charge in [0.15, 0.2) is 0 Å². The minimum absolute atomic E-state index is 0.446. The molecular formula is C6H17NO13S2. The van der Waals surface area contributed by atoms with Crippen LogP contribution in [0.4, 0.5) is 0 Å². The van der Waals surface area contributed by atoms with Crippen LogP contribution in [0.25, 0.3) is 0 Å². The molecule has 14 nitrogen and oxygen atoms in total. The van der Waals surface area contributed by atoms with Crippen molar-refractivity contribution in [1.82, 2.24) is 0 Å². The fourth-order valence-electron chi connectivity index (χ4n) is 1.13. The van der Waals surface area contributed by atoms with Crippen LogP contribution in [0.1, 0.15) is 0 Å². The number of ether oxygens (including phenoxy) is 1. The summed E-state index contributed by atoms with van der Waals surface area (Å²) in [6.45, 7) is -0.446. The SMILES string of the molecule is N[C@@H]1O[C@H](CO)[C@@H](O)[C@H](O)[C@H]1O.O=S(=O)(O)O.O=S(=O)(O)O. The maximum absolute atomic E-state index is 9.18. The largest absolute Gasteiger partial charge is 0.394 e. The molecule has 0 aromatic heterocycles. The Morgan fingerprint density at radius 1 is 0.818 bits per heavy atom. The lowest BCUT2D eigenvalue weighted by molar-refractivity contribution is -0.227. The van der Waals surface area contributed by atoms with Gasteiger partial charge in [-0.2, -0.15) is 16.8 Å². The van der Waals surface area contributed by atoms with Crippen LogP contribution in [0.5, 0.6) is 0 Å². The van der Waals surface area contributed by atoms with Crippen molar-refractivity contribution < 1.29 is 60.2 Å². The predicted molar refractivity (Wildman–Crippen MR) is 66.3 cm³/mol. The molecule has 0 aromatic rings. The molecule has 136 valence electrons. The number of hydrogen-bond donors (Lipinski definition) is 9. The van der Waals surface area contributed by atoms with E-state index in [0.29, 0.717) is 0 Å². The lowest BCUT2D eigenvalue weighted by Crippen LogP contribution is -2.61. The zero-order chi connectivity index (χ0) is 18.3. The van der Waals surface area contributed by atoms with E-state index in [1.54, 1.807) is 0 Å². The summed E-state index contributed by atoms with van der Waals surface area (Å²) >= 11 is 0. The highest BCUT2D eigenvalue weighted by molar-refractivity contribution is 7.80. The topological polar surface area (TPSA) is 265 Å². The normalized spacial score (nSPS) is 32.1. The summed E-state index contributed by atoms with van der Waals surface area (Å²) in [5.74, 6) is 0. The zero-order valence-corrected chi connectivity index (χ0v) is 12.2. The van der Waals surface area contributed by atoms with Gasteiger partial charge in [-0.1, -0.05) is 0 Å². The first-order chi connectivity index (χ1) is 9.57. The third-order valence-electron chi connectivity index (χ3n) is 1.93. The standard InChI is InChI=1S/C6H13NO5.2H2O4S/c7-6-5(11)4(10)3(9)2(1-8)12-6;2*1-5(2,3)4/h2-6,8-11H,1,7H2;2*(H2,1,2,3,4)/t2-,3-,4+,5-,6-;;/m1../s1. The highest BCUT2D eigenvalue weighted by atomic mass is 32.3. The van der Waals surface area contributed by atoms with Gasteiger partial charge in [0.2, 0.25) is 0 Å². The van der Waals surface area contributed by atoms with Crippen LogP contribution < -0.4 is 5.73 Å². The second-order valence-electron chi connectivity index (χ2n) is 3.69. The summed E-state index contributed by atoms with van der Waals surface area (Å²) in [5, 5.41) is 36.1. The lowest BCUT2D eigenvalue weighted by atomic mass is 9.99. The van der Waals surface area contributed by atoms with Gasteiger partial charge in [0.05, 0.1) is 6.61 Å². The van der Waals surface area contributed by atoms with E-state index in [1.807, 2.05) is 0 Å². The highest BCUT2D eigenvalue weighted by Crippen LogP contribution is 2.17. The van der Waals surface area contributed by atoms with Crippen molar-refractivity contribution in [3.8, 4) is 0 Å². The quantitative estimate of drug-likeness (QED) is 0.195. The second-order valence-corrected chi connectivity index (χ2v) is 5.48. The van der Waals surface area contributed by atoms with Crippen molar-refractivity contribution in [2.24, 2.45) is 5.73 Å². The lowest BCUT2D eigenvalue weighted by Gasteiger charge is -2.38. The second kappa shape index (κ2) is 9.60. The maximum Gasteiger partial charge on any atom is 0.394 e. The fraction of sp³-hybridized carbons (Fsp3) is 1.00. The van der Waals surface area contributed by atoms with Crippen molar-refractivity contribution in [1.29, 1.82) is 0 Å². The molecule has 0 unspecified atom stereocenters. The van der Waals surface area contributed by atoms with Gasteiger partial charge in [0.1, 0.15) is 30.6 Å². The zero-order valence-electron chi connectivity index (χ0n) is 10.6. The Morgan fingerprint density at radius 3 is 1.41 bits per heavy atom. The van der Waals surface area contributed by atoms with E-state index in [9.17, 15) is 5.11 Å². The number of hydrogen-bond acceptors (Lipinski definition) is 10. The van der Waals surface area contributed by atoms with E-state index in [-0.39, 0.29) is 0 Å². The monoisotopic (exact) mass is 375 g/mol. The third kappa shape index (κ3) is 14.4. The summed E-state index contributed by atoms with van der Waals surface area (Å²) in [4.78, 5) is 0. The van der Waals surface area contributed by atoms with E-state index in [0.717, 1.165) is 0 Å². The van der Waals surface area contributed by atoms with Crippen LogP contribution in [-0.2, 0) is 25.5 Å². The molecule has 0 radical (unpaired) electrons. The predicted octanol–water partition coefficient (Wildman–Crippen LogP) is -4.56. The smallest absolute Gasteiger partial charge is 0.394 e. The van der Waals surface area contributed by atoms with Gasteiger partial charge in [0, 0.05) is 0 Å². The van der Waals surface area contributed by atoms with Gasteiger partial charge < -0.3 is 30.9 Å². The Kier molecular flexibility index (Phi) is 10.4. The summed E-state index contributed by atoms with van der Waals surface area (Å²) in [6, 6.07) is 0. The number of nitrogens with two attached hydrogens (primary N) is 1. The summed E-state index contributed by atoms with van der Waals surface area (Å²) < 4.78 is 68.0. The van der Waals surface area contributed by atoms with E-state index in [1.165, 1.54) is 0 Å². The van der Waals surface area contributed by atoms with Crippen molar-refractivity contribution in [2.75, 3.05) is 6.61 Å². The minimum Gasteiger partial charge on any atom is -0.394 e. The van der Waals surface area contributed by atoms with Crippen LogP contribution in [0.15, 0.2) is 0 Å². The maximum atomic E-state index is 9.18. The highest BCUT2D eigenvalue weighted by Gasteiger charge is 2.41. The van der Waals surface area contributed by atoms with Crippen LogP contribution in [0, 0.1) is 0 Å². The van der Waals surface area contributed by atoms with Gasteiger partial charge >= 0.3 is 20.8 Å². The average Bonchev–Trinajstić information content (AvgIpc) is 2.27. The fourth-order valence-corrected chi connectivity index (χ4v) is 1.13. The first-order valence-electron chi connectivity index (χ1n) is 5.03. The summed E-state index contributed by atoms with van der Waals surface area (Å²) in [7, 11) is -9.33. The van der Waals surface area contributed by atoms with Crippen molar-refractivity contribution in [2.45, 2.75) is 30.6 Å². The third-order valence-corrected chi connectivity index (χ3v) is 1.93. The molecule has 0 spiro atoms. The van der Waals surface area contributed by atoms with Crippen LogP contribution in [0.3, 0.4) is 0 Å². The molecule has 0 bridgehead atoms. The van der Waals surface area contributed by atoms with E-state index in [2.05, 4.69) is 0 Å². The van der Waals surface area contributed by atoms with Crippen LogP contribution in [-0.4, -0.2) is 92.7 Å².